The predicted octanol–water partition coefficient (Wildman–Crippen LogP) is 2.47. The van der Waals surface area contributed by atoms with Crippen molar-refractivity contribution in [1.29, 1.82) is 0 Å². The molecule has 6 nitrogen and oxygen atoms in total. The molecule has 0 bridgehead atoms. The number of carbonyl (C=O) groups is 1. The van der Waals surface area contributed by atoms with Crippen molar-refractivity contribution in [2.45, 2.75) is 51.0 Å². The molecular weight excluding hydrogens is 318 g/mol. The van der Waals surface area contributed by atoms with E-state index in [9.17, 15) is 4.79 Å². The number of ether oxygens (including phenoxy) is 1. The molecule has 134 valence electrons. The second-order valence-electron chi connectivity index (χ2n) is 6.37. The summed E-state index contributed by atoms with van der Waals surface area (Å²) >= 11 is 0. The molecule has 1 aliphatic rings. The lowest BCUT2D eigenvalue weighted by Crippen LogP contribution is -2.31. The Morgan fingerprint density at radius 3 is 2.68 bits per heavy atom. The third kappa shape index (κ3) is 5.98. The average Bonchev–Trinajstić information content (AvgIpc) is 3.31. The van der Waals surface area contributed by atoms with Gasteiger partial charge >= 0.3 is 0 Å². The van der Waals surface area contributed by atoms with E-state index in [1.165, 1.54) is 5.56 Å². The summed E-state index contributed by atoms with van der Waals surface area (Å²) in [6.07, 6.45) is 5.82. The quantitative estimate of drug-likeness (QED) is 0.757. The monoisotopic (exact) mass is 343 g/mol. The number of hydrogen-bond acceptors (Lipinski definition) is 5. The van der Waals surface area contributed by atoms with Crippen LogP contribution in [0.2, 0.25) is 0 Å². The lowest BCUT2D eigenvalue weighted by molar-refractivity contribution is -0.121. The molecule has 1 aromatic heterocycles. The van der Waals surface area contributed by atoms with Gasteiger partial charge in [0.1, 0.15) is 0 Å². The third-order valence-electron chi connectivity index (χ3n) is 4.32. The first-order valence-electron chi connectivity index (χ1n) is 9.03. The summed E-state index contributed by atoms with van der Waals surface area (Å²) in [5.74, 6) is 1.17. The Labute approximate surface area is 148 Å². The highest BCUT2D eigenvalue weighted by molar-refractivity contribution is 5.76. The van der Waals surface area contributed by atoms with Gasteiger partial charge in [0.05, 0.1) is 6.10 Å². The number of aryl methyl sites for hydroxylation is 3. The van der Waals surface area contributed by atoms with Gasteiger partial charge in [-0.2, -0.15) is 0 Å². The molecule has 0 spiro atoms. The van der Waals surface area contributed by atoms with E-state index in [4.69, 9.17) is 9.15 Å². The van der Waals surface area contributed by atoms with Crippen molar-refractivity contribution in [3.05, 3.63) is 47.7 Å². The molecule has 0 saturated carbocycles. The molecule has 0 aliphatic carbocycles. The second kappa shape index (κ2) is 9.32. The maximum absolute atomic E-state index is 11.9. The Morgan fingerprint density at radius 2 is 1.92 bits per heavy atom. The molecule has 1 N–H and O–H groups in total. The molecule has 25 heavy (non-hydrogen) atoms. The second-order valence-corrected chi connectivity index (χ2v) is 6.37. The summed E-state index contributed by atoms with van der Waals surface area (Å²) in [5.41, 5.74) is 1.31. The summed E-state index contributed by atoms with van der Waals surface area (Å²) in [6, 6.07) is 10.3. The van der Waals surface area contributed by atoms with Crippen LogP contribution in [0.15, 0.2) is 34.7 Å². The van der Waals surface area contributed by atoms with Crippen LogP contribution in [-0.4, -0.2) is 35.4 Å². The Hall–Kier alpha value is -2.21. The molecule has 0 radical (unpaired) electrons. The number of rotatable bonds is 9. The van der Waals surface area contributed by atoms with Crippen LogP contribution in [0.4, 0.5) is 0 Å². The third-order valence-corrected chi connectivity index (χ3v) is 4.32. The first-order valence-corrected chi connectivity index (χ1v) is 9.03. The van der Waals surface area contributed by atoms with E-state index in [1.54, 1.807) is 0 Å². The van der Waals surface area contributed by atoms with Gasteiger partial charge in [-0.05, 0) is 31.2 Å². The summed E-state index contributed by atoms with van der Waals surface area (Å²) in [5, 5.41) is 11.0. The van der Waals surface area contributed by atoms with Crippen LogP contribution < -0.4 is 5.32 Å². The van der Waals surface area contributed by atoms with E-state index in [0.29, 0.717) is 31.2 Å². The highest BCUT2D eigenvalue weighted by Gasteiger charge is 2.16. The Kier molecular flexibility index (Phi) is 6.56. The minimum Gasteiger partial charge on any atom is -0.425 e. The van der Waals surface area contributed by atoms with E-state index >= 15 is 0 Å². The molecular formula is C19H25N3O3. The first kappa shape index (κ1) is 17.6. The summed E-state index contributed by atoms with van der Waals surface area (Å²) in [6.45, 7) is 1.39. The van der Waals surface area contributed by atoms with Gasteiger partial charge in [-0.15, -0.1) is 10.2 Å². The highest BCUT2D eigenvalue weighted by atomic mass is 16.5. The number of benzene rings is 1. The zero-order valence-electron chi connectivity index (χ0n) is 14.4. The highest BCUT2D eigenvalue weighted by Crippen LogP contribution is 2.11. The summed E-state index contributed by atoms with van der Waals surface area (Å²) in [7, 11) is 0. The van der Waals surface area contributed by atoms with Gasteiger partial charge in [0, 0.05) is 32.4 Å². The van der Waals surface area contributed by atoms with Crippen molar-refractivity contribution >= 4 is 5.91 Å². The average molecular weight is 343 g/mol. The van der Waals surface area contributed by atoms with Crippen LogP contribution in [0, 0.1) is 0 Å². The van der Waals surface area contributed by atoms with Crippen molar-refractivity contribution in [1.82, 2.24) is 15.5 Å². The summed E-state index contributed by atoms with van der Waals surface area (Å²) in [4.78, 5) is 11.9. The van der Waals surface area contributed by atoms with Crippen molar-refractivity contribution in [2.24, 2.45) is 0 Å². The zero-order chi connectivity index (χ0) is 17.3. The van der Waals surface area contributed by atoms with Crippen molar-refractivity contribution in [3.8, 4) is 0 Å². The van der Waals surface area contributed by atoms with E-state index in [1.807, 2.05) is 18.2 Å². The van der Waals surface area contributed by atoms with Gasteiger partial charge in [-0.1, -0.05) is 30.3 Å². The Balaban J connectivity index is 1.33. The topological polar surface area (TPSA) is 77.2 Å². The number of nitrogens with zero attached hydrogens (tertiary/aromatic N) is 2. The van der Waals surface area contributed by atoms with Gasteiger partial charge in [0.25, 0.3) is 0 Å². The number of carbonyl (C=O) groups excluding carboxylic acids is 1. The number of aromatic nitrogens is 2. The lowest BCUT2D eigenvalue weighted by Gasteiger charge is -2.10. The van der Waals surface area contributed by atoms with E-state index in [2.05, 4.69) is 27.6 Å². The van der Waals surface area contributed by atoms with Crippen LogP contribution in [0.3, 0.4) is 0 Å². The van der Waals surface area contributed by atoms with Crippen LogP contribution in [0.5, 0.6) is 0 Å². The van der Waals surface area contributed by atoms with E-state index < -0.39 is 0 Å². The molecule has 2 aromatic rings. The van der Waals surface area contributed by atoms with Crippen molar-refractivity contribution < 1.29 is 13.9 Å². The van der Waals surface area contributed by atoms with Gasteiger partial charge in [-0.25, -0.2) is 0 Å². The number of hydrogen-bond donors (Lipinski definition) is 1. The van der Waals surface area contributed by atoms with Gasteiger partial charge in [-0.3, -0.25) is 4.79 Å². The molecule has 3 rings (SSSR count). The van der Waals surface area contributed by atoms with Gasteiger partial charge in [0.2, 0.25) is 17.7 Å². The molecule has 2 heterocycles. The minimum absolute atomic E-state index is 0.000623. The van der Waals surface area contributed by atoms with Gasteiger partial charge < -0.3 is 14.5 Å². The molecule has 1 atom stereocenters. The smallest absolute Gasteiger partial charge is 0.220 e. The predicted molar refractivity (Wildman–Crippen MR) is 93.1 cm³/mol. The van der Waals surface area contributed by atoms with Crippen LogP contribution in [0.25, 0.3) is 0 Å². The zero-order valence-corrected chi connectivity index (χ0v) is 14.4. The fourth-order valence-electron chi connectivity index (χ4n) is 2.92. The fraction of sp³-hybridized carbons (Fsp3) is 0.526. The van der Waals surface area contributed by atoms with E-state index in [0.717, 1.165) is 38.7 Å². The molecule has 1 fully saturated rings. The molecule has 1 saturated heterocycles. The standard InChI is InChI=1S/C19H25N3O3/c23-17(20-14-16-9-5-13-24-16)11-12-19-22-21-18(25-19)10-4-8-15-6-2-1-3-7-15/h1-3,6-7,16H,4-5,8-14H2,(H,20,23)/t16-/m0/s1. The van der Waals surface area contributed by atoms with Crippen LogP contribution in [0.1, 0.15) is 43.0 Å². The SMILES string of the molecule is O=C(CCc1nnc(CCCc2ccccc2)o1)NC[C@@H]1CCCO1. The minimum atomic E-state index is -0.000623. The molecule has 1 aromatic carbocycles. The fourth-order valence-corrected chi connectivity index (χ4v) is 2.92. The maximum atomic E-state index is 11.9. The number of amides is 1. The first-order chi connectivity index (χ1) is 12.3. The van der Waals surface area contributed by atoms with Crippen molar-refractivity contribution in [2.75, 3.05) is 13.2 Å². The van der Waals surface area contributed by atoms with Crippen LogP contribution in [-0.2, 0) is 28.8 Å². The molecule has 1 amide bonds. The Bertz CT molecular complexity index is 651. The molecule has 6 heteroatoms. The number of nitrogens with one attached hydrogen (secondary N) is 1. The Morgan fingerprint density at radius 1 is 1.12 bits per heavy atom. The summed E-state index contributed by atoms with van der Waals surface area (Å²) < 4.78 is 11.1. The van der Waals surface area contributed by atoms with Crippen molar-refractivity contribution in [3.63, 3.8) is 0 Å². The maximum Gasteiger partial charge on any atom is 0.220 e. The van der Waals surface area contributed by atoms with Crippen LogP contribution >= 0.6 is 0 Å². The molecule has 1 aliphatic heterocycles. The normalized spacial score (nSPS) is 16.9. The van der Waals surface area contributed by atoms with Gasteiger partial charge in [0.15, 0.2) is 0 Å². The largest absolute Gasteiger partial charge is 0.425 e. The molecule has 0 unspecified atom stereocenters. The lowest BCUT2D eigenvalue weighted by atomic mass is 10.1. The van der Waals surface area contributed by atoms with E-state index in [-0.39, 0.29) is 12.0 Å².